The van der Waals surface area contributed by atoms with Crippen molar-refractivity contribution in [3.63, 3.8) is 0 Å². The van der Waals surface area contributed by atoms with E-state index in [0.29, 0.717) is 74.9 Å². The number of fused-ring (bicyclic) bond motifs is 14. The molecule has 4 heterocycles. The van der Waals surface area contributed by atoms with Crippen LogP contribution < -0.4 is 18.9 Å². The average Bonchev–Trinajstić information content (AvgIpc) is 3.53. The highest BCUT2D eigenvalue weighted by atomic mass is 16.5. The maximum atomic E-state index is 13.8. The van der Waals surface area contributed by atoms with Gasteiger partial charge in [0, 0.05) is 84.8 Å². The van der Waals surface area contributed by atoms with E-state index in [1.807, 2.05) is 65.8 Å². The van der Waals surface area contributed by atoms with Crippen LogP contribution in [0.4, 0.5) is 0 Å². The highest BCUT2D eigenvalue weighted by Gasteiger charge is 2.24. The molecule has 12 nitrogen and oxygen atoms in total. The summed E-state index contributed by atoms with van der Waals surface area (Å²) in [5.41, 5.74) is 14.0. The van der Waals surface area contributed by atoms with Crippen molar-refractivity contribution in [3.8, 4) is 23.0 Å². The lowest BCUT2D eigenvalue weighted by Crippen LogP contribution is -2.34. The summed E-state index contributed by atoms with van der Waals surface area (Å²) in [7, 11) is 0. The zero-order chi connectivity index (χ0) is 55.3. The topological polar surface area (TPSA) is 129 Å². The van der Waals surface area contributed by atoms with Crippen molar-refractivity contribution in [2.24, 2.45) is 0 Å². The number of ether oxygens (including phenoxy) is 4. The quantitative estimate of drug-likeness (QED) is 0.0862. The third-order valence-electron chi connectivity index (χ3n) is 15.3. The van der Waals surface area contributed by atoms with Crippen LogP contribution in [0.3, 0.4) is 0 Å². The Bertz CT molecular complexity index is 3620. The number of aromatic nitrogens is 4. The van der Waals surface area contributed by atoms with Gasteiger partial charge >= 0.3 is 0 Å². The fourth-order valence-electron chi connectivity index (χ4n) is 11.1. The Balaban J connectivity index is 1.04. The van der Waals surface area contributed by atoms with Crippen LogP contribution in [-0.4, -0.2) is 80.9 Å². The molecule has 4 aromatic heterocycles. The fourth-order valence-corrected chi connectivity index (χ4v) is 11.1. The molecule has 1 aliphatic rings. The SMILES string of the molecule is CCN(CC)C(=O)COc1c2cccc1Cc1cccc(c1OCc1ccc3ccc4ccc(C)nc4c3n1)Cc1cccc(c1OCC(=O)N(CC)CC)Cc1cccc(c1OCc1ccc3ccc4ccc(C)nc4c3n1)C2. The number of hydrogen-bond acceptors (Lipinski definition) is 10. The molecule has 404 valence electrons. The Morgan fingerprint density at radius 1 is 0.362 bits per heavy atom. The van der Waals surface area contributed by atoms with Crippen LogP contribution in [0.2, 0.25) is 0 Å². The molecule has 10 aromatic rings. The van der Waals surface area contributed by atoms with Crippen LogP contribution in [0.1, 0.15) is 95.0 Å². The number of aryl methyl sites for hydroxylation is 2. The zero-order valence-corrected chi connectivity index (χ0v) is 46.5. The second-order valence-corrected chi connectivity index (χ2v) is 20.5. The molecule has 0 unspecified atom stereocenters. The Kier molecular flexibility index (Phi) is 15.7. The van der Waals surface area contributed by atoms with Crippen LogP contribution in [0.25, 0.3) is 43.6 Å². The summed E-state index contributed by atoms with van der Waals surface area (Å²) >= 11 is 0. The molecule has 0 aliphatic heterocycles. The first-order valence-corrected chi connectivity index (χ1v) is 27.9. The van der Waals surface area contributed by atoms with Crippen molar-refractivity contribution in [2.45, 2.75) is 80.4 Å². The Labute approximate surface area is 467 Å². The first kappa shape index (κ1) is 53.1. The van der Waals surface area contributed by atoms with E-state index in [2.05, 4.69) is 121 Å². The summed E-state index contributed by atoms with van der Waals surface area (Å²) in [4.78, 5) is 51.3. The number of benzene rings is 6. The maximum Gasteiger partial charge on any atom is 0.260 e. The number of nitrogens with zero attached hydrogens (tertiary/aromatic N) is 6. The third kappa shape index (κ3) is 11.2. The van der Waals surface area contributed by atoms with Gasteiger partial charge in [0.15, 0.2) is 13.2 Å². The van der Waals surface area contributed by atoms with E-state index in [9.17, 15) is 9.59 Å². The number of likely N-dealkylation sites (N-methyl/N-ethyl adjacent to an activating group) is 2. The molecule has 80 heavy (non-hydrogen) atoms. The molecule has 0 radical (unpaired) electrons. The molecule has 0 saturated heterocycles. The van der Waals surface area contributed by atoms with Gasteiger partial charge in [-0.3, -0.25) is 19.6 Å². The molecule has 2 amide bonds. The maximum absolute atomic E-state index is 13.8. The van der Waals surface area contributed by atoms with Crippen molar-refractivity contribution in [3.05, 3.63) is 213 Å². The molecular weight excluding hydrogens is 997 g/mol. The number of rotatable bonds is 16. The lowest BCUT2D eigenvalue weighted by atomic mass is 9.91. The second kappa shape index (κ2) is 23.6. The standard InChI is InChI=1S/C68H66N6O6/c1-7-73(8-2)59(75)41-79-67-53-19-13-20-54(67)36-50-16-12-18-52(66(50)78-40-58-34-32-48-30-28-46-26-24-44(6)70-62(46)64(48)72-58)38-56-22-14-21-55(68(56)80-42-60(76)74(9-3)10-4)37-51-17-11-15-49(35-53)65(51)77-39-57-33-31-47-29-27-45-25-23-43(5)69-61(45)63(47)71-57/h11-34H,7-10,35-42H2,1-6H3. The van der Waals surface area contributed by atoms with Crippen LogP contribution in [0, 0.1) is 13.8 Å². The minimum Gasteiger partial charge on any atom is -0.487 e. The minimum atomic E-state index is -0.125. The van der Waals surface area contributed by atoms with Crippen LogP contribution in [-0.2, 0) is 48.5 Å². The summed E-state index contributed by atoms with van der Waals surface area (Å²) in [5, 5.41) is 4.05. The summed E-state index contributed by atoms with van der Waals surface area (Å²) in [5.74, 6) is 2.53. The molecule has 0 saturated carbocycles. The van der Waals surface area contributed by atoms with Crippen LogP contribution >= 0.6 is 0 Å². The van der Waals surface area contributed by atoms with Gasteiger partial charge in [-0.05, 0) is 110 Å². The van der Waals surface area contributed by atoms with Crippen molar-refractivity contribution < 1.29 is 28.5 Å². The first-order chi connectivity index (χ1) is 39.1. The van der Waals surface area contributed by atoms with Gasteiger partial charge in [-0.2, -0.15) is 0 Å². The number of para-hydroxylation sites is 4. The summed E-state index contributed by atoms with van der Waals surface area (Å²) in [6.45, 7) is 14.3. The fraction of sp³-hybridized carbons (Fsp3) is 0.265. The smallest absolute Gasteiger partial charge is 0.260 e. The molecule has 0 fully saturated rings. The van der Waals surface area contributed by atoms with E-state index < -0.39 is 0 Å². The van der Waals surface area contributed by atoms with Gasteiger partial charge in [-0.15, -0.1) is 0 Å². The lowest BCUT2D eigenvalue weighted by Gasteiger charge is -2.24. The van der Waals surface area contributed by atoms with Gasteiger partial charge in [0.1, 0.15) is 36.2 Å². The number of carbonyl (C=O) groups is 2. The Morgan fingerprint density at radius 2 is 0.625 bits per heavy atom. The van der Waals surface area contributed by atoms with Gasteiger partial charge in [0.2, 0.25) is 0 Å². The second-order valence-electron chi connectivity index (χ2n) is 20.5. The van der Waals surface area contributed by atoms with E-state index >= 15 is 0 Å². The Hall–Kier alpha value is -8.90. The lowest BCUT2D eigenvalue weighted by molar-refractivity contribution is -0.133. The molecule has 1 aliphatic carbocycles. The minimum absolute atomic E-state index is 0.0880. The highest BCUT2D eigenvalue weighted by Crippen LogP contribution is 2.40. The van der Waals surface area contributed by atoms with E-state index in [4.69, 9.17) is 38.9 Å². The molecule has 0 atom stereocenters. The molecule has 0 N–H and O–H groups in total. The van der Waals surface area contributed by atoms with Gasteiger partial charge in [-0.1, -0.05) is 121 Å². The van der Waals surface area contributed by atoms with E-state index in [1.165, 1.54) is 0 Å². The van der Waals surface area contributed by atoms with E-state index in [0.717, 1.165) is 111 Å². The highest BCUT2D eigenvalue weighted by molar-refractivity contribution is 6.03. The summed E-state index contributed by atoms with van der Waals surface area (Å²) in [6, 6.07) is 49.7. The number of pyridine rings is 4. The number of amides is 2. The van der Waals surface area contributed by atoms with Gasteiger partial charge < -0.3 is 28.7 Å². The van der Waals surface area contributed by atoms with E-state index in [-0.39, 0.29) is 38.2 Å². The van der Waals surface area contributed by atoms with Crippen LogP contribution in [0.5, 0.6) is 23.0 Å². The van der Waals surface area contributed by atoms with Gasteiger partial charge in [0.05, 0.1) is 33.5 Å². The van der Waals surface area contributed by atoms with Crippen molar-refractivity contribution in [1.29, 1.82) is 0 Å². The molecule has 0 spiro atoms. The summed E-state index contributed by atoms with van der Waals surface area (Å²) < 4.78 is 27.7. The Morgan fingerprint density at radius 3 is 0.925 bits per heavy atom. The first-order valence-electron chi connectivity index (χ1n) is 27.9. The number of carbonyl (C=O) groups excluding carboxylic acids is 2. The van der Waals surface area contributed by atoms with Gasteiger partial charge in [0.25, 0.3) is 11.8 Å². The zero-order valence-electron chi connectivity index (χ0n) is 46.5. The summed E-state index contributed by atoms with van der Waals surface area (Å²) in [6.07, 6.45) is 1.69. The van der Waals surface area contributed by atoms with E-state index in [1.54, 1.807) is 9.80 Å². The predicted octanol–water partition coefficient (Wildman–Crippen LogP) is 12.8. The third-order valence-corrected chi connectivity index (χ3v) is 15.3. The molecule has 8 bridgehead atoms. The van der Waals surface area contributed by atoms with Crippen molar-refractivity contribution in [2.75, 3.05) is 39.4 Å². The van der Waals surface area contributed by atoms with Crippen LogP contribution in [0.15, 0.2) is 146 Å². The normalized spacial score (nSPS) is 12.2. The molecule has 11 rings (SSSR count). The largest absolute Gasteiger partial charge is 0.487 e. The molecule has 12 heteroatoms. The predicted molar refractivity (Wildman–Crippen MR) is 316 cm³/mol. The monoisotopic (exact) mass is 1060 g/mol. The number of hydrogen-bond donors (Lipinski definition) is 0. The molecular formula is C68H66N6O6. The van der Waals surface area contributed by atoms with Gasteiger partial charge in [-0.25, -0.2) is 9.97 Å². The average molecular weight is 1060 g/mol. The van der Waals surface area contributed by atoms with Crippen molar-refractivity contribution >= 4 is 55.4 Å². The van der Waals surface area contributed by atoms with Crippen molar-refractivity contribution in [1.82, 2.24) is 29.7 Å². The molecule has 6 aromatic carbocycles.